The molecule has 10 heteroatoms. The van der Waals surface area contributed by atoms with E-state index in [1.165, 1.54) is 0 Å². The highest BCUT2D eigenvalue weighted by molar-refractivity contribution is 6.17. The molecule has 0 saturated carbocycles. The van der Waals surface area contributed by atoms with Crippen molar-refractivity contribution in [1.29, 1.82) is 0 Å². The SMILES string of the molecule is OCc1c(OC(F)(F)F)cnc(C(F)(F)F)c1CCl. The molecule has 1 N–H and O–H groups in total. The number of hydrogen-bond acceptors (Lipinski definition) is 3. The summed E-state index contributed by atoms with van der Waals surface area (Å²) in [6.07, 6.45) is -9.77. The fourth-order valence-corrected chi connectivity index (χ4v) is 1.63. The van der Waals surface area contributed by atoms with Crippen molar-refractivity contribution in [3.8, 4) is 5.75 Å². The number of aliphatic hydroxyl groups excluding tert-OH is 1. The zero-order valence-electron chi connectivity index (χ0n) is 8.94. The lowest BCUT2D eigenvalue weighted by Gasteiger charge is -2.17. The summed E-state index contributed by atoms with van der Waals surface area (Å²) in [5, 5.41) is 8.92. The van der Waals surface area contributed by atoms with Crippen LogP contribution in [0, 0.1) is 0 Å². The summed E-state index contributed by atoms with van der Waals surface area (Å²) in [6, 6.07) is 0. The van der Waals surface area contributed by atoms with E-state index in [4.69, 9.17) is 16.7 Å². The highest BCUT2D eigenvalue weighted by Gasteiger charge is 2.38. The molecule has 0 spiro atoms. The molecule has 1 aromatic heterocycles. The quantitative estimate of drug-likeness (QED) is 0.688. The van der Waals surface area contributed by atoms with Gasteiger partial charge in [0.1, 0.15) is 5.69 Å². The van der Waals surface area contributed by atoms with Crippen molar-refractivity contribution >= 4 is 11.6 Å². The van der Waals surface area contributed by atoms with Gasteiger partial charge in [-0.15, -0.1) is 24.8 Å². The molecule has 0 bridgehead atoms. The van der Waals surface area contributed by atoms with E-state index in [-0.39, 0.29) is 6.20 Å². The fraction of sp³-hybridized carbons (Fsp3) is 0.444. The van der Waals surface area contributed by atoms with Crippen molar-refractivity contribution in [1.82, 2.24) is 4.98 Å². The Hall–Kier alpha value is -1.22. The first-order valence-electron chi connectivity index (χ1n) is 4.60. The number of aromatic nitrogens is 1. The Balaban J connectivity index is 3.39. The molecule has 1 heterocycles. The predicted molar refractivity (Wildman–Crippen MR) is 51.4 cm³/mol. The van der Waals surface area contributed by atoms with Gasteiger partial charge in [0.25, 0.3) is 0 Å². The van der Waals surface area contributed by atoms with Gasteiger partial charge in [-0.1, -0.05) is 0 Å². The van der Waals surface area contributed by atoms with Crippen LogP contribution in [0.1, 0.15) is 16.8 Å². The molecule has 3 nitrogen and oxygen atoms in total. The summed E-state index contributed by atoms with van der Waals surface area (Å²) in [4.78, 5) is 2.87. The van der Waals surface area contributed by atoms with Crippen LogP contribution in [0.5, 0.6) is 5.75 Å². The number of aliphatic hydroxyl groups is 1. The summed E-state index contributed by atoms with van der Waals surface area (Å²) < 4.78 is 77.3. The fourth-order valence-electron chi connectivity index (χ4n) is 1.34. The van der Waals surface area contributed by atoms with Gasteiger partial charge >= 0.3 is 12.5 Å². The number of ether oxygens (including phenoxy) is 1. The standard InChI is InChI=1S/C9H6ClF6NO2/c10-1-4-5(3-18)6(19-9(14,15)16)2-17-7(4)8(11,12)13/h2,18H,1,3H2. The first-order chi connectivity index (χ1) is 8.60. The van der Waals surface area contributed by atoms with Crippen LogP contribution in [0.2, 0.25) is 0 Å². The highest BCUT2D eigenvalue weighted by Crippen LogP contribution is 2.37. The minimum atomic E-state index is -5.12. The summed E-state index contributed by atoms with van der Waals surface area (Å²) in [6.45, 7) is -1.10. The second-order valence-electron chi connectivity index (χ2n) is 3.27. The lowest BCUT2D eigenvalue weighted by atomic mass is 10.1. The average Bonchev–Trinajstić information content (AvgIpc) is 2.24. The predicted octanol–water partition coefficient (Wildman–Crippen LogP) is 3.23. The van der Waals surface area contributed by atoms with Crippen LogP contribution in [-0.2, 0) is 18.7 Å². The largest absolute Gasteiger partial charge is 0.573 e. The average molecular weight is 310 g/mol. The maximum absolute atomic E-state index is 12.6. The van der Waals surface area contributed by atoms with Gasteiger partial charge in [-0.2, -0.15) is 13.2 Å². The summed E-state index contributed by atoms with van der Waals surface area (Å²) >= 11 is 5.28. The normalized spacial score (nSPS) is 12.6. The molecule has 0 aliphatic rings. The van der Waals surface area contributed by atoms with E-state index in [1.54, 1.807) is 0 Å². The molecule has 0 amide bonds. The Bertz CT molecular complexity index is 459. The Morgan fingerprint density at radius 1 is 1.16 bits per heavy atom. The molecule has 0 radical (unpaired) electrons. The van der Waals surface area contributed by atoms with Crippen LogP contribution >= 0.6 is 11.6 Å². The number of hydrogen-bond donors (Lipinski definition) is 1. The number of halogens is 7. The van der Waals surface area contributed by atoms with E-state index in [9.17, 15) is 26.3 Å². The van der Waals surface area contributed by atoms with E-state index in [1.807, 2.05) is 0 Å². The molecule has 1 rings (SSSR count). The van der Waals surface area contributed by atoms with Crippen molar-refractivity contribution in [3.05, 3.63) is 23.0 Å². The van der Waals surface area contributed by atoms with E-state index in [2.05, 4.69) is 9.72 Å². The molecule has 19 heavy (non-hydrogen) atoms. The van der Waals surface area contributed by atoms with Crippen molar-refractivity contribution in [2.45, 2.75) is 25.0 Å². The molecule has 0 unspecified atom stereocenters. The van der Waals surface area contributed by atoms with Gasteiger partial charge in [-0.3, -0.25) is 0 Å². The minimum Gasteiger partial charge on any atom is -0.404 e. The maximum atomic E-state index is 12.6. The van der Waals surface area contributed by atoms with E-state index in [0.29, 0.717) is 0 Å². The van der Waals surface area contributed by atoms with Gasteiger partial charge in [-0.25, -0.2) is 4.98 Å². The molecular formula is C9H6ClF6NO2. The van der Waals surface area contributed by atoms with Crippen LogP contribution < -0.4 is 4.74 Å². The second kappa shape index (κ2) is 5.41. The summed E-state index contributed by atoms with van der Waals surface area (Å²) in [7, 11) is 0. The lowest BCUT2D eigenvalue weighted by molar-refractivity contribution is -0.275. The Labute approximate surface area is 107 Å². The molecule has 0 saturated heterocycles. The van der Waals surface area contributed by atoms with Crippen LogP contribution in [0.15, 0.2) is 6.20 Å². The Morgan fingerprint density at radius 3 is 2.11 bits per heavy atom. The van der Waals surface area contributed by atoms with Crippen LogP contribution in [0.25, 0.3) is 0 Å². The lowest BCUT2D eigenvalue weighted by Crippen LogP contribution is -2.20. The molecular weight excluding hydrogens is 304 g/mol. The number of nitrogens with zero attached hydrogens (tertiary/aromatic N) is 1. The van der Waals surface area contributed by atoms with Gasteiger partial charge in [-0.05, 0) is 0 Å². The third-order valence-corrected chi connectivity index (χ3v) is 2.31. The molecule has 1 aromatic rings. The first-order valence-corrected chi connectivity index (χ1v) is 5.14. The Morgan fingerprint density at radius 2 is 1.74 bits per heavy atom. The number of alkyl halides is 7. The zero-order chi connectivity index (χ0) is 14.8. The van der Waals surface area contributed by atoms with Crippen LogP contribution in [0.4, 0.5) is 26.3 Å². The monoisotopic (exact) mass is 309 g/mol. The number of rotatable bonds is 3. The maximum Gasteiger partial charge on any atom is 0.573 e. The topological polar surface area (TPSA) is 42.4 Å². The van der Waals surface area contributed by atoms with Gasteiger partial charge in [0.15, 0.2) is 5.75 Å². The van der Waals surface area contributed by atoms with Crippen molar-refractivity contribution in [2.24, 2.45) is 0 Å². The van der Waals surface area contributed by atoms with Gasteiger partial charge < -0.3 is 9.84 Å². The molecule has 0 fully saturated rings. The van der Waals surface area contributed by atoms with E-state index >= 15 is 0 Å². The molecule has 108 valence electrons. The number of pyridine rings is 1. The smallest absolute Gasteiger partial charge is 0.404 e. The highest BCUT2D eigenvalue weighted by atomic mass is 35.5. The second-order valence-corrected chi connectivity index (χ2v) is 3.53. The molecule has 0 aliphatic heterocycles. The van der Waals surface area contributed by atoms with E-state index in [0.717, 1.165) is 0 Å². The van der Waals surface area contributed by atoms with Crippen molar-refractivity contribution in [2.75, 3.05) is 0 Å². The van der Waals surface area contributed by atoms with Crippen LogP contribution in [0.3, 0.4) is 0 Å². The van der Waals surface area contributed by atoms with E-state index < -0.39 is 47.6 Å². The molecule has 0 atom stereocenters. The van der Waals surface area contributed by atoms with Gasteiger partial charge in [0.05, 0.1) is 18.7 Å². The first kappa shape index (κ1) is 15.8. The summed E-state index contributed by atoms with van der Waals surface area (Å²) in [5.41, 5.74) is -2.91. The Kier molecular flexibility index (Phi) is 4.51. The third-order valence-electron chi connectivity index (χ3n) is 2.04. The summed E-state index contributed by atoms with van der Waals surface area (Å²) in [5.74, 6) is -1.79. The van der Waals surface area contributed by atoms with Gasteiger partial charge in [0.2, 0.25) is 0 Å². The molecule has 0 aromatic carbocycles. The third kappa shape index (κ3) is 3.87. The van der Waals surface area contributed by atoms with Crippen LogP contribution in [-0.4, -0.2) is 16.5 Å². The van der Waals surface area contributed by atoms with Gasteiger partial charge in [0, 0.05) is 11.1 Å². The minimum absolute atomic E-state index is 0.248. The molecule has 0 aliphatic carbocycles. The van der Waals surface area contributed by atoms with Crippen molar-refractivity contribution in [3.63, 3.8) is 0 Å². The zero-order valence-corrected chi connectivity index (χ0v) is 9.70. The van der Waals surface area contributed by atoms with Crippen molar-refractivity contribution < 1.29 is 36.2 Å².